The molecule has 5 nitrogen and oxygen atoms in total. The molecule has 0 aromatic heterocycles. The monoisotopic (exact) mass is 418 g/mol. The number of imide groups is 1. The topological polar surface area (TPSA) is 49.9 Å². The van der Waals surface area contributed by atoms with Crippen LogP contribution < -0.4 is 9.64 Å². The van der Waals surface area contributed by atoms with Gasteiger partial charge in [0.15, 0.2) is 0 Å². The molecule has 31 heavy (non-hydrogen) atoms. The van der Waals surface area contributed by atoms with Crippen molar-refractivity contribution in [1.82, 2.24) is 4.90 Å². The molecule has 162 valence electrons. The van der Waals surface area contributed by atoms with Crippen LogP contribution in [-0.2, 0) is 9.59 Å². The number of amides is 2. The molecular weight excluding hydrogens is 388 g/mol. The number of aryl methyl sites for hydroxylation is 2. The molecule has 2 amide bonds. The molecule has 0 N–H and O–H groups in total. The molecule has 2 atom stereocenters. The quantitative estimate of drug-likeness (QED) is 0.683. The lowest BCUT2D eigenvalue weighted by molar-refractivity contribution is -0.120. The molecule has 1 saturated heterocycles. The number of benzene rings is 2. The second-order valence-corrected chi connectivity index (χ2v) is 9.07. The minimum Gasteiger partial charge on any atom is -0.496 e. The smallest absolute Gasteiger partial charge is 0.282 e. The average molecular weight is 419 g/mol. The van der Waals surface area contributed by atoms with Crippen molar-refractivity contribution in [2.75, 3.05) is 25.1 Å². The van der Waals surface area contributed by atoms with Crippen molar-refractivity contribution in [3.05, 3.63) is 64.9 Å². The summed E-state index contributed by atoms with van der Waals surface area (Å²) < 4.78 is 5.56. The Morgan fingerprint density at radius 2 is 1.52 bits per heavy atom. The molecule has 2 unspecified atom stereocenters. The van der Waals surface area contributed by atoms with Gasteiger partial charge in [0.1, 0.15) is 11.4 Å². The summed E-state index contributed by atoms with van der Waals surface area (Å²) in [5.74, 6) is 0.954. The molecule has 0 bridgehead atoms. The number of carbonyl (C=O) groups is 2. The molecule has 2 aromatic carbocycles. The van der Waals surface area contributed by atoms with E-state index in [2.05, 4.69) is 18.7 Å². The van der Waals surface area contributed by atoms with E-state index in [1.807, 2.05) is 56.3 Å². The van der Waals surface area contributed by atoms with Gasteiger partial charge in [-0.25, -0.2) is 4.90 Å². The Labute approximate surface area is 184 Å². The highest BCUT2D eigenvalue weighted by molar-refractivity contribution is 6.45. The Kier molecular flexibility index (Phi) is 5.61. The van der Waals surface area contributed by atoms with E-state index < -0.39 is 0 Å². The second kappa shape index (κ2) is 8.22. The fourth-order valence-electron chi connectivity index (χ4n) is 5.07. The highest BCUT2D eigenvalue weighted by Crippen LogP contribution is 2.40. The molecule has 2 aliphatic rings. The van der Waals surface area contributed by atoms with Crippen LogP contribution in [0.15, 0.2) is 48.2 Å². The maximum atomic E-state index is 13.8. The van der Waals surface area contributed by atoms with E-state index in [4.69, 9.17) is 4.74 Å². The highest BCUT2D eigenvalue weighted by atomic mass is 16.5. The molecule has 4 rings (SSSR count). The van der Waals surface area contributed by atoms with E-state index in [-0.39, 0.29) is 11.8 Å². The molecule has 2 aromatic rings. The fraction of sp³-hybridized carbons (Fsp3) is 0.385. The maximum absolute atomic E-state index is 13.8. The predicted octanol–water partition coefficient (Wildman–Crippen LogP) is 4.57. The third-order valence-corrected chi connectivity index (χ3v) is 6.09. The van der Waals surface area contributed by atoms with Crippen LogP contribution in [0.4, 0.5) is 5.69 Å². The summed E-state index contributed by atoms with van der Waals surface area (Å²) in [7, 11) is 1.59. The minimum atomic E-state index is -0.291. The van der Waals surface area contributed by atoms with Gasteiger partial charge in [0.25, 0.3) is 11.8 Å². The number of nitrogens with zero attached hydrogens (tertiary/aromatic N) is 2. The Morgan fingerprint density at radius 3 is 2.13 bits per heavy atom. The zero-order chi connectivity index (χ0) is 22.3. The Hall–Kier alpha value is -3.08. The number of para-hydroxylation sites is 1. The SMILES string of the molecule is COc1ccccc1C1=C(N2CC(C)CC(C)C2)C(=O)N(c2cc(C)cc(C)c2)C1=O. The number of hydrogen-bond acceptors (Lipinski definition) is 4. The molecule has 0 aliphatic carbocycles. The van der Waals surface area contributed by atoms with Crippen molar-refractivity contribution in [1.29, 1.82) is 0 Å². The summed E-state index contributed by atoms with van der Waals surface area (Å²) in [5.41, 5.74) is 4.24. The number of hydrogen-bond donors (Lipinski definition) is 0. The molecule has 0 saturated carbocycles. The molecule has 0 radical (unpaired) electrons. The molecule has 1 fully saturated rings. The van der Waals surface area contributed by atoms with Gasteiger partial charge in [-0.3, -0.25) is 9.59 Å². The summed E-state index contributed by atoms with van der Waals surface area (Å²) in [4.78, 5) is 31.0. The third kappa shape index (κ3) is 3.85. The van der Waals surface area contributed by atoms with E-state index in [0.717, 1.165) is 30.6 Å². The standard InChI is InChI=1S/C26H30N2O3/c1-16-10-17(2)13-20(12-16)28-25(29)23(21-8-6-7-9-22(21)31-5)24(26(28)30)27-14-18(3)11-19(4)15-27/h6-10,12-13,18-19H,11,14-15H2,1-5H3. The van der Waals surface area contributed by atoms with Crippen LogP contribution in [0.3, 0.4) is 0 Å². The largest absolute Gasteiger partial charge is 0.496 e. The van der Waals surface area contributed by atoms with E-state index >= 15 is 0 Å². The van der Waals surface area contributed by atoms with Crippen molar-refractivity contribution in [2.45, 2.75) is 34.1 Å². The first-order chi connectivity index (χ1) is 14.8. The second-order valence-electron chi connectivity index (χ2n) is 9.07. The predicted molar refractivity (Wildman–Crippen MR) is 123 cm³/mol. The number of anilines is 1. The van der Waals surface area contributed by atoms with Crippen LogP contribution >= 0.6 is 0 Å². The van der Waals surface area contributed by atoms with Gasteiger partial charge in [-0.15, -0.1) is 0 Å². The van der Waals surface area contributed by atoms with Gasteiger partial charge in [0, 0.05) is 18.7 Å². The number of methoxy groups -OCH3 is 1. The van der Waals surface area contributed by atoms with Gasteiger partial charge in [-0.05, 0) is 61.4 Å². The van der Waals surface area contributed by atoms with Crippen molar-refractivity contribution in [2.24, 2.45) is 11.8 Å². The number of piperidine rings is 1. The van der Waals surface area contributed by atoms with Crippen molar-refractivity contribution >= 4 is 23.1 Å². The summed E-state index contributed by atoms with van der Waals surface area (Å²) >= 11 is 0. The summed E-state index contributed by atoms with van der Waals surface area (Å²) in [6, 6.07) is 13.3. The van der Waals surface area contributed by atoms with Gasteiger partial charge < -0.3 is 9.64 Å². The van der Waals surface area contributed by atoms with Gasteiger partial charge in [0.2, 0.25) is 0 Å². The van der Waals surface area contributed by atoms with Crippen LogP contribution in [-0.4, -0.2) is 36.9 Å². The normalized spacial score (nSPS) is 21.8. The Balaban J connectivity index is 1.89. The summed E-state index contributed by atoms with van der Waals surface area (Å²) in [6.45, 7) is 9.88. The van der Waals surface area contributed by atoms with Crippen LogP contribution in [0.1, 0.15) is 37.0 Å². The van der Waals surface area contributed by atoms with Gasteiger partial charge in [-0.1, -0.05) is 38.1 Å². The first-order valence-electron chi connectivity index (χ1n) is 10.9. The lowest BCUT2D eigenvalue weighted by atomic mass is 9.91. The Bertz CT molecular complexity index is 1040. The first kappa shape index (κ1) is 21.2. The zero-order valence-electron chi connectivity index (χ0n) is 18.9. The van der Waals surface area contributed by atoms with Gasteiger partial charge >= 0.3 is 0 Å². The minimum absolute atomic E-state index is 0.253. The number of carbonyl (C=O) groups excluding carboxylic acids is 2. The van der Waals surface area contributed by atoms with Crippen LogP contribution in [0.25, 0.3) is 5.57 Å². The number of ether oxygens (including phenoxy) is 1. The number of rotatable bonds is 4. The number of likely N-dealkylation sites (tertiary alicyclic amines) is 1. The molecule has 2 heterocycles. The van der Waals surface area contributed by atoms with Gasteiger partial charge in [0.05, 0.1) is 18.4 Å². The van der Waals surface area contributed by atoms with Crippen LogP contribution in [0.5, 0.6) is 5.75 Å². The molecular formula is C26H30N2O3. The van der Waals surface area contributed by atoms with Crippen molar-refractivity contribution in [3.8, 4) is 5.75 Å². The fourth-order valence-corrected chi connectivity index (χ4v) is 5.07. The van der Waals surface area contributed by atoms with E-state index in [0.29, 0.717) is 40.1 Å². The van der Waals surface area contributed by atoms with E-state index in [1.54, 1.807) is 7.11 Å². The Morgan fingerprint density at radius 1 is 0.903 bits per heavy atom. The maximum Gasteiger partial charge on any atom is 0.282 e. The van der Waals surface area contributed by atoms with Crippen molar-refractivity contribution < 1.29 is 14.3 Å². The average Bonchev–Trinajstić information content (AvgIpc) is 2.96. The van der Waals surface area contributed by atoms with Crippen LogP contribution in [0.2, 0.25) is 0 Å². The van der Waals surface area contributed by atoms with Crippen molar-refractivity contribution in [3.63, 3.8) is 0 Å². The first-order valence-corrected chi connectivity index (χ1v) is 10.9. The third-order valence-electron chi connectivity index (χ3n) is 6.09. The van der Waals surface area contributed by atoms with E-state index in [1.165, 1.54) is 4.90 Å². The van der Waals surface area contributed by atoms with Gasteiger partial charge in [-0.2, -0.15) is 0 Å². The summed E-state index contributed by atoms with van der Waals surface area (Å²) in [6.07, 6.45) is 1.12. The molecule has 5 heteroatoms. The molecule has 0 spiro atoms. The van der Waals surface area contributed by atoms with E-state index in [9.17, 15) is 9.59 Å². The lowest BCUT2D eigenvalue weighted by Crippen LogP contribution is -2.42. The highest BCUT2D eigenvalue weighted by Gasteiger charge is 2.44. The summed E-state index contributed by atoms with van der Waals surface area (Å²) in [5, 5.41) is 0. The zero-order valence-corrected chi connectivity index (χ0v) is 18.9. The molecule has 2 aliphatic heterocycles. The van der Waals surface area contributed by atoms with Crippen LogP contribution in [0, 0.1) is 25.7 Å². The lowest BCUT2D eigenvalue weighted by Gasteiger charge is -2.37.